The number of fused-ring (bicyclic) bond motifs is 6. The number of benzene rings is 2. The maximum atomic E-state index is 17.6. The smallest absolute Gasteiger partial charge is 0.412 e. The number of likely N-dealkylation sites (tertiary alicyclic amines) is 2. The highest BCUT2D eigenvalue weighted by Crippen LogP contribution is 2.49. The predicted molar refractivity (Wildman–Crippen MR) is 194 cm³/mol. The van der Waals surface area contributed by atoms with Gasteiger partial charge in [0.25, 0.3) is 0 Å². The largest absolute Gasteiger partial charge is 0.465 e. The number of thiophene rings is 1. The highest BCUT2D eigenvalue weighted by atomic mass is 32.1. The van der Waals surface area contributed by atoms with E-state index in [-0.39, 0.29) is 90.1 Å². The molecule has 8 rings (SSSR count). The lowest BCUT2D eigenvalue weighted by Crippen LogP contribution is -2.55. The van der Waals surface area contributed by atoms with Crippen molar-refractivity contribution in [3.05, 3.63) is 40.5 Å². The number of ether oxygens (including phenoxy) is 3. The summed E-state index contributed by atoms with van der Waals surface area (Å²) < 4.78 is 65.5. The number of hydrogen-bond donors (Lipinski definition) is 2. The van der Waals surface area contributed by atoms with Gasteiger partial charge in [-0.05, 0) is 63.3 Å². The first-order valence-electron chi connectivity index (χ1n) is 17.8. The summed E-state index contributed by atoms with van der Waals surface area (Å²) in [6, 6.07) is 4.12. The lowest BCUT2D eigenvalue weighted by atomic mass is 9.90. The van der Waals surface area contributed by atoms with E-state index in [0.29, 0.717) is 59.4 Å². The average Bonchev–Trinajstić information content (AvgIpc) is 3.89. The van der Waals surface area contributed by atoms with Gasteiger partial charge in [-0.3, -0.25) is 10.2 Å². The minimum Gasteiger partial charge on any atom is -0.465 e. The van der Waals surface area contributed by atoms with Crippen molar-refractivity contribution in [2.24, 2.45) is 0 Å². The van der Waals surface area contributed by atoms with E-state index in [1.54, 1.807) is 20.8 Å². The molecule has 3 atom stereocenters. The SMILES string of the molecule is CC(C)(C)OC(=O)Nc1sc2ccc(F)c(-c3c4c(c5c(N6C7CCC6CN(C(=O)O)C7)nc(OCCN6CC[C@H](F)C6)nc5c3F)COC4)c2c1C#N. The molecule has 0 aliphatic carbocycles. The van der Waals surface area contributed by atoms with Crippen molar-refractivity contribution < 1.29 is 42.1 Å². The van der Waals surface area contributed by atoms with Gasteiger partial charge in [-0.2, -0.15) is 15.2 Å². The molecule has 0 saturated carbocycles. The molecule has 17 heteroatoms. The molecule has 284 valence electrons. The van der Waals surface area contributed by atoms with Crippen LogP contribution < -0.4 is 15.0 Å². The van der Waals surface area contributed by atoms with Crippen molar-refractivity contribution in [1.29, 1.82) is 5.26 Å². The van der Waals surface area contributed by atoms with Crippen LogP contribution >= 0.6 is 11.3 Å². The normalized spacial score (nSPS) is 21.2. The molecule has 6 heterocycles. The Hall–Kier alpha value is -4.92. The molecule has 2 amide bonds. The first kappa shape index (κ1) is 36.1. The molecule has 2 unspecified atom stereocenters. The van der Waals surface area contributed by atoms with Gasteiger partial charge in [-0.15, -0.1) is 11.3 Å². The first-order valence-corrected chi connectivity index (χ1v) is 18.7. The Morgan fingerprint density at radius 3 is 2.48 bits per heavy atom. The van der Waals surface area contributed by atoms with Crippen LogP contribution in [0.1, 0.15) is 56.7 Å². The minimum absolute atomic E-state index is 0.0389. The van der Waals surface area contributed by atoms with Crippen LogP contribution in [0.5, 0.6) is 6.01 Å². The topological polar surface area (TPSA) is 153 Å². The molecule has 13 nitrogen and oxygen atoms in total. The zero-order chi connectivity index (χ0) is 38.1. The fraction of sp³-hybridized carbons (Fsp3) is 0.486. The molecular weight excluding hydrogens is 728 g/mol. The molecule has 4 aliphatic rings. The van der Waals surface area contributed by atoms with Crippen molar-refractivity contribution in [3.63, 3.8) is 0 Å². The summed E-state index contributed by atoms with van der Waals surface area (Å²) in [6.07, 6.45) is -0.918. The Balaban J connectivity index is 1.30. The monoisotopic (exact) mass is 765 g/mol. The number of nitrogens with zero attached hydrogens (tertiary/aromatic N) is 6. The van der Waals surface area contributed by atoms with Gasteiger partial charge in [0.05, 0.1) is 24.2 Å². The summed E-state index contributed by atoms with van der Waals surface area (Å²) in [5, 5.41) is 23.4. The van der Waals surface area contributed by atoms with Crippen molar-refractivity contribution in [2.75, 3.05) is 49.5 Å². The molecule has 0 radical (unpaired) electrons. The number of anilines is 2. The molecule has 2 bridgehead atoms. The molecule has 2 aromatic carbocycles. The van der Waals surface area contributed by atoms with E-state index < -0.39 is 35.6 Å². The van der Waals surface area contributed by atoms with Crippen molar-refractivity contribution >= 4 is 55.3 Å². The minimum atomic E-state index is -1.02. The predicted octanol–water partition coefficient (Wildman–Crippen LogP) is 6.79. The van der Waals surface area contributed by atoms with Crippen LogP contribution in [0.2, 0.25) is 0 Å². The van der Waals surface area contributed by atoms with Gasteiger partial charge in [0.2, 0.25) is 0 Å². The van der Waals surface area contributed by atoms with Gasteiger partial charge in [0, 0.05) is 66.0 Å². The Kier molecular flexibility index (Phi) is 9.18. The summed E-state index contributed by atoms with van der Waals surface area (Å²) >= 11 is 1.04. The van der Waals surface area contributed by atoms with Gasteiger partial charge in [0.15, 0.2) is 5.82 Å². The van der Waals surface area contributed by atoms with E-state index in [1.165, 1.54) is 17.0 Å². The van der Waals surface area contributed by atoms with E-state index in [4.69, 9.17) is 19.2 Å². The number of rotatable bonds is 7. The third-order valence-electron chi connectivity index (χ3n) is 10.4. The summed E-state index contributed by atoms with van der Waals surface area (Å²) in [5.74, 6) is -1.29. The van der Waals surface area contributed by atoms with E-state index in [1.807, 2.05) is 9.80 Å². The van der Waals surface area contributed by atoms with Crippen LogP contribution in [0.25, 0.3) is 32.1 Å². The molecule has 4 aromatic rings. The number of alkyl halides is 1. The zero-order valence-electron chi connectivity index (χ0n) is 29.9. The van der Waals surface area contributed by atoms with Crippen molar-refractivity contribution in [3.8, 4) is 23.2 Å². The number of amides is 2. The zero-order valence-corrected chi connectivity index (χ0v) is 30.7. The molecule has 2 N–H and O–H groups in total. The summed E-state index contributed by atoms with van der Waals surface area (Å²) in [7, 11) is 0. The second-order valence-corrected chi connectivity index (χ2v) is 16.1. The molecule has 0 spiro atoms. The summed E-state index contributed by atoms with van der Waals surface area (Å²) in [4.78, 5) is 39.4. The third kappa shape index (κ3) is 6.39. The fourth-order valence-electron chi connectivity index (χ4n) is 8.16. The molecule has 4 aliphatic heterocycles. The van der Waals surface area contributed by atoms with Crippen LogP contribution in [0.4, 0.5) is 33.6 Å². The van der Waals surface area contributed by atoms with E-state index in [9.17, 15) is 24.3 Å². The number of carbonyl (C=O) groups excluding carboxylic acids is 1. The van der Waals surface area contributed by atoms with Crippen LogP contribution in [0, 0.1) is 23.0 Å². The number of halogens is 3. The number of carbonyl (C=O) groups is 2. The standard InChI is InChI=1S/C37H38F3N7O6S/c1-37(2,3)53-35(48)44-33-21(12-41)26-25(54-33)7-6-24(39)29(26)27-22-16-51-17-23(22)28-31(30(27)40)42-34(52-11-10-45-9-8-18(38)13-45)43-32(28)47-19-4-5-20(47)15-46(14-19)36(49)50/h6-7,18-20H,4-5,8-11,13-17H2,1-3H3,(H,44,48)(H,49,50)/t18-,19?,20?/m0/s1. The van der Waals surface area contributed by atoms with Gasteiger partial charge in [-0.25, -0.2) is 22.8 Å². The first-order chi connectivity index (χ1) is 25.8. The average molecular weight is 766 g/mol. The summed E-state index contributed by atoms with van der Waals surface area (Å²) in [6.45, 7) is 6.88. The Bertz CT molecular complexity index is 2230. The Morgan fingerprint density at radius 2 is 1.81 bits per heavy atom. The third-order valence-corrected chi connectivity index (χ3v) is 11.5. The Morgan fingerprint density at radius 1 is 1.07 bits per heavy atom. The maximum Gasteiger partial charge on any atom is 0.412 e. The van der Waals surface area contributed by atoms with Crippen LogP contribution in [0.3, 0.4) is 0 Å². The number of aromatic nitrogens is 2. The quantitative estimate of drug-likeness (QED) is 0.205. The van der Waals surface area contributed by atoms with E-state index in [0.717, 1.165) is 11.3 Å². The van der Waals surface area contributed by atoms with Crippen LogP contribution in [0.15, 0.2) is 12.1 Å². The van der Waals surface area contributed by atoms with Gasteiger partial charge < -0.3 is 29.1 Å². The van der Waals surface area contributed by atoms with Crippen LogP contribution in [-0.4, -0.2) is 100 Å². The highest BCUT2D eigenvalue weighted by molar-refractivity contribution is 7.23. The molecule has 2 aromatic heterocycles. The van der Waals surface area contributed by atoms with Gasteiger partial charge in [-0.1, -0.05) is 0 Å². The van der Waals surface area contributed by atoms with Crippen molar-refractivity contribution in [1.82, 2.24) is 19.8 Å². The van der Waals surface area contributed by atoms with Gasteiger partial charge >= 0.3 is 18.2 Å². The lowest BCUT2D eigenvalue weighted by molar-refractivity contribution is 0.0636. The van der Waals surface area contributed by atoms with E-state index in [2.05, 4.69) is 16.4 Å². The van der Waals surface area contributed by atoms with Crippen LogP contribution in [-0.2, 0) is 22.7 Å². The number of nitriles is 1. The second-order valence-electron chi connectivity index (χ2n) is 15.0. The highest BCUT2D eigenvalue weighted by Gasteiger charge is 2.44. The number of piperazine rings is 1. The lowest BCUT2D eigenvalue weighted by Gasteiger charge is -2.41. The fourth-order valence-corrected chi connectivity index (χ4v) is 9.21. The number of carboxylic acid groups (broad SMARTS) is 1. The molecular formula is C37H38F3N7O6S. The van der Waals surface area contributed by atoms with Crippen molar-refractivity contribution in [2.45, 2.75) is 77.1 Å². The Labute approximate surface area is 312 Å². The second kappa shape index (κ2) is 13.7. The molecule has 3 saturated heterocycles. The number of nitrogens with one attached hydrogen (secondary N) is 1. The summed E-state index contributed by atoms with van der Waals surface area (Å²) in [5.41, 5.74) is -0.406. The molecule has 3 fully saturated rings. The maximum absolute atomic E-state index is 17.6. The molecule has 54 heavy (non-hydrogen) atoms. The van der Waals surface area contributed by atoms with Gasteiger partial charge in [0.1, 0.15) is 46.6 Å². The van der Waals surface area contributed by atoms with E-state index >= 15 is 8.78 Å². The number of hydrogen-bond acceptors (Lipinski definition) is 11.